The Morgan fingerprint density at radius 1 is 1.25 bits per heavy atom. The molecule has 2 aromatic rings. The Balaban J connectivity index is 1.89. The molecule has 0 bridgehead atoms. The number of hydrogen-bond acceptors (Lipinski definition) is 4. The van der Waals surface area contributed by atoms with E-state index in [1.54, 1.807) is 30.5 Å². The minimum Gasteiger partial charge on any atom is -0.467 e. The van der Waals surface area contributed by atoms with Crippen LogP contribution in [0.2, 0.25) is 0 Å². The van der Waals surface area contributed by atoms with Gasteiger partial charge in [0.05, 0.1) is 12.8 Å². The molecule has 0 saturated heterocycles. The first-order valence-corrected chi connectivity index (χ1v) is 8.80. The fourth-order valence-electron chi connectivity index (χ4n) is 2.40. The van der Waals surface area contributed by atoms with Gasteiger partial charge in [0.1, 0.15) is 18.1 Å². The average molecular weight is 394 g/mol. The molecule has 0 fully saturated rings. The molecule has 0 aliphatic rings. The van der Waals surface area contributed by atoms with Gasteiger partial charge in [0.15, 0.2) is 5.96 Å². The summed E-state index contributed by atoms with van der Waals surface area (Å²) >= 11 is 0. The highest BCUT2D eigenvalue weighted by Crippen LogP contribution is 2.15. The third kappa shape index (κ3) is 7.26. The summed E-state index contributed by atoms with van der Waals surface area (Å²) in [6.45, 7) is 0.471. The molecular weight excluding hydrogens is 370 g/mol. The molecular formula is C19H24F2N4O3. The molecule has 0 aliphatic carbocycles. The first-order chi connectivity index (χ1) is 13.5. The molecule has 0 unspecified atom stereocenters. The zero-order valence-electron chi connectivity index (χ0n) is 15.8. The molecule has 152 valence electrons. The lowest BCUT2D eigenvalue weighted by molar-refractivity contribution is -0.119. The average Bonchev–Trinajstić information content (AvgIpc) is 3.18. The molecule has 0 aliphatic heterocycles. The van der Waals surface area contributed by atoms with Gasteiger partial charge in [0, 0.05) is 20.1 Å². The van der Waals surface area contributed by atoms with Gasteiger partial charge in [0.2, 0.25) is 5.91 Å². The third-order valence-electron chi connectivity index (χ3n) is 3.68. The fraction of sp³-hybridized carbons (Fsp3) is 0.368. The number of alkyl halides is 2. The van der Waals surface area contributed by atoms with E-state index in [9.17, 15) is 13.6 Å². The molecule has 0 spiro atoms. The van der Waals surface area contributed by atoms with Crippen LogP contribution in [0.4, 0.5) is 8.78 Å². The molecule has 0 atom stereocenters. The number of furan rings is 1. The summed E-state index contributed by atoms with van der Waals surface area (Å²) in [6.07, 6.45) is 1.55. The van der Waals surface area contributed by atoms with E-state index in [1.807, 2.05) is 18.9 Å². The van der Waals surface area contributed by atoms with Crippen molar-refractivity contribution in [3.05, 3.63) is 54.0 Å². The van der Waals surface area contributed by atoms with E-state index in [0.717, 1.165) is 5.56 Å². The maximum absolute atomic E-state index is 12.2. The number of nitrogens with zero attached hydrogens (tertiary/aromatic N) is 2. The summed E-state index contributed by atoms with van der Waals surface area (Å²) in [5.41, 5.74) is 0.886. The lowest BCUT2D eigenvalue weighted by atomic mass is 10.2. The number of guanidine groups is 1. The second-order valence-corrected chi connectivity index (χ2v) is 5.90. The van der Waals surface area contributed by atoms with Crippen molar-refractivity contribution < 1.29 is 22.7 Å². The Kier molecular flexibility index (Phi) is 8.26. The van der Waals surface area contributed by atoms with E-state index >= 15 is 0 Å². The molecule has 9 heteroatoms. The summed E-state index contributed by atoms with van der Waals surface area (Å²) in [5.74, 6) is 1.10. The number of aliphatic imine (C=N–C) groups is 1. The van der Waals surface area contributed by atoms with Gasteiger partial charge in [-0.2, -0.15) is 8.78 Å². The highest BCUT2D eigenvalue weighted by Gasteiger charge is 2.09. The number of hydrogen-bond donors (Lipinski definition) is 2. The second kappa shape index (κ2) is 10.9. The van der Waals surface area contributed by atoms with E-state index in [4.69, 9.17) is 4.42 Å². The summed E-state index contributed by atoms with van der Waals surface area (Å²) in [5, 5.41) is 5.85. The smallest absolute Gasteiger partial charge is 0.387 e. The molecule has 2 rings (SSSR count). The van der Waals surface area contributed by atoms with Crippen molar-refractivity contribution in [2.24, 2.45) is 4.99 Å². The van der Waals surface area contributed by atoms with Crippen molar-refractivity contribution in [3.63, 3.8) is 0 Å². The Hall–Kier alpha value is -3.10. The topological polar surface area (TPSA) is 79.1 Å². The summed E-state index contributed by atoms with van der Waals surface area (Å²) in [6, 6.07) is 9.91. The SMILES string of the molecule is CCNC(=NCC(=O)NCc1ccco1)N(C)Cc1ccc(OC(F)F)cc1. The van der Waals surface area contributed by atoms with Gasteiger partial charge < -0.3 is 24.7 Å². The number of carbonyl (C=O) groups excluding carboxylic acids is 1. The number of benzene rings is 1. The van der Waals surface area contributed by atoms with Gasteiger partial charge in [0.25, 0.3) is 0 Å². The lowest BCUT2D eigenvalue weighted by Gasteiger charge is -2.22. The Morgan fingerprint density at radius 2 is 2.00 bits per heavy atom. The Labute approximate surface area is 162 Å². The van der Waals surface area contributed by atoms with Crippen LogP contribution in [0.1, 0.15) is 18.2 Å². The number of carbonyl (C=O) groups is 1. The van der Waals surface area contributed by atoms with Crippen LogP contribution in [0, 0.1) is 0 Å². The zero-order valence-corrected chi connectivity index (χ0v) is 15.8. The minimum atomic E-state index is -2.85. The molecule has 0 saturated carbocycles. The van der Waals surface area contributed by atoms with Gasteiger partial charge in [-0.1, -0.05) is 12.1 Å². The van der Waals surface area contributed by atoms with Crippen LogP contribution in [0.25, 0.3) is 0 Å². The zero-order chi connectivity index (χ0) is 20.4. The highest BCUT2D eigenvalue weighted by atomic mass is 19.3. The van der Waals surface area contributed by atoms with Crippen LogP contribution < -0.4 is 15.4 Å². The predicted octanol–water partition coefficient (Wildman–Crippen LogP) is 2.59. The molecule has 1 amide bonds. The minimum absolute atomic E-state index is 0.0332. The van der Waals surface area contributed by atoms with Gasteiger partial charge in [-0.05, 0) is 36.8 Å². The van der Waals surface area contributed by atoms with E-state index in [-0.39, 0.29) is 18.2 Å². The molecule has 1 aromatic carbocycles. The quantitative estimate of drug-likeness (QED) is 0.505. The van der Waals surface area contributed by atoms with Crippen molar-refractivity contribution in [2.45, 2.75) is 26.6 Å². The number of nitrogens with one attached hydrogen (secondary N) is 2. The van der Waals surface area contributed by atoms with Crippen LogP contribution in [0.5, 0.6) is 5.75 Å². The molecule has 1 heterocycles. The fourth-order valence-corrected chi connectivity index (χ4v) is 2.40. The maximum atomic E-state index is 12.2. The third-order valence-corrected chi connectivity index (χ3v) is 3.68. The molecule has 7 nitrogen and oxygen atoms in total. The first kappa shape index (κ1) is 21.2. The van der Waals surface area contributed by atoms with Crippen LogP contribution in [-0.4, -0.2) is 43.5 Å². The molecule has 28 heavy (non-hydrogen) atoms. The summed E-state index contributed by atoms with van der Waals surface area (Å²) in [4.78, 5) is 18.1. The highest BCUT2D eigenvalue weighted by molar-refractivity contribution is 5.84. The van der Waals surface area contributed by atoms with E-state index in [1.165, 1.54) is 12.1 Å². The van der Waals surface area contributed by atoms with Gasteiger partial charge in [-0.25, -0.2) is 4.99 Å². The van der Waals surface area contributed by atoms with Crippen molar-refractivity contribution in [2.75, 3.05) is 20.1 Å². The predicted molar refractivity (Wildman–Crippen MR) is 101 cm³/mol. The Bertz CT molecular complexity index is 749. The lowest BCUT2D eigenvalue weighted by Crippen LogP contribution is -2.39. The molecule has 1 aromatic heterocycles. The standard InChI is InChI=1S/C19H24F2N4O3/c1-3-22-19(24-12-17(26)23-11-16-5-4-10-27-16)25(2)13-14-6-8-15(9-7-14)28-18(20)21/h4-10,18H,3,11-13H2,1-2H3,(H,22,24)(H,23,26). The molecule has 2 N–H and O–H groups in total. The van der Waals surface area contributed by atoms with Crippen LogP contribution in [-0.2, 0) is 17.9 Å². The second-order valence-electron chi connectivity index (χ2n) is 5.90. The number of rotatable bonds is 9. The van der Waals surface area contributed by atoms with Gasteiger partial charge in [-0.15, -0.1) is 0 Å². The van der Waals surface area contributed by atoms with Gasteiger partial charge >= 0.3 is 6.61 Å². The van der Waals surface area contributed by atoms with Crippen molar-refractivity contribution in [3.8, 4) is 5.75 Å². The summed E-state index contributed by atoms with van der Waals surface area (Å²) < 4.78 is 33.9. The van der Waals surface area contributed by atoms with Crippen molar-refractivity contribution >= 4 is 11.9 Å². The number of amides is 1. The Morgan fingerprint density at radius 3 is 2.61 bits per heavy atom. The van der Waals surface area contributed by atoms with E-state index < -0.39 is 6.61 Å². The largest absolute Gasteiger partial charge is 0.467 e. The van der Waals surface area contributed by atoms with Crippen molar-refractivity contribution in [1.82, 2.24) is 15.5 Å². The maximum Gasteiger partial charge on any atom is 0.387 e. The van der Waals surface area contributed by atoms with E-state index in [0.29, 0.717) is 31.4 Å². The first-order valence-electron chi connectivity index (χ1n) is 8.80. The normalized spacial score (nSPS) is 11.4. The molecule has 0 radical (unpaired) electrons. The van der Waals surface area contributed by atoms with Crippen LogP contribution in [0.15, 0.2) is 52.1 Å². The number of ether oxygens (including phenoxy) is 1. The van der Waals surface area contributed by atoms with Crippen LogP contribution in [0.3, 0.4) is 0 Å². The van der Waals surface area contributed by atoms with Crippen LogP contribution >= 0.6 is 0 Å². The van der Waals surface area contributed by atoms with Gasteiger partial charge in [-0.3, -0.25) is 4.79 Å². The van der Waals surface area contributed by atoms with Crippen molar-refractivity contribution in [1.29, 1.82) is 0 Å². The summed E-state index contributed by atoms with van der Waals surface area (Å²) in [7, 11) is 1.83. The van der Waals surface area contributed by atoms with E-state index in [2.05, 4.69) is 20.4 Å². The monoisotopic (exact) mass is 394 g/mol. The number of halogens is 2.